The van der Waals surface area contributed by atoms with E-state index in [1.54, 1.807) is 11.8 Å². The van der Waals surface area contributed by atoms with Crippen LogP contribution in [-0.4, -0.2) is 36.6 Å². The molecule has 1 N–H and O–H groups in total. The number of hydrogen-bond donors (Lipinski definition) is 1. The van der Waals surface area contributed by atoms with Crippen molar-refractivity contribution in [2.45, 2.75) is 32.7 Å². The Bertz CT molecular complexity index is 565. The summed E-state index contributed by atoms with van der Waals surface area (Å²) in [6.45, 7) is 5.18. The fourth-order valence-electron chi connectivity index (χ4n) is 2.81. The largest absolute Gasteiger partial charge is 0.450 e. The Morgan fingerprint density at radius 3 is 2.87 bits per heavy atom. The predicted molar refractivity (Wildman–Crippen MR) is 92.0 cm³/mol. The molecule has 2 rings (SSSR count). The topological polar surface area (TPSA) is 58.6 Å². The van der Waals surface area contributed by atoms with Gasteiger partial charge < -0.3 is 15.0 Å². The van der Waals surface area contributed by atoms with Gasteiger partial charge in [0.05, 0.1) is 18.6 Å². The maximum atomic E-state index is 12.5. The number of carbonyl (C=O) groups is 2. The van der Waals surface area contributed by atoms with E-state index >= 15 is 0 Å². The first-order valence-electron chi connectivity index (χ1n) is 7.99. The predicted octanol–water partition coefficient (Wildman–Crippen LogP) is 3.49. The van der Waals surface area contributed by atoms with E-state index in [0.29, 0.717) is 19.7 Å². The van der Waals surface area contributed by atoms with Crippen molar-refractivity contribution in [3.8, 4) is 0 Å². The van der Waals surface area contributed by atoms with Crippen LogP contribution in [-0.2, 0) is 9.53 Å². The van der Waals surface area contributed by atoms with Crippen LogP contribution in [0.3, 0.4) is 0 Å². The van der Waals surface area contributed by atoms with Crippen LogP contribution in [0.4, 0.5) is 4.79 Å². The van der Waals surface area contributed by atoms with Crippen molar-refractivity contribution in [3.63, 3.8) is 0 Å². The first-order valence-corrected chi connectivity index (χ1v) is 8.78. The van der Waals surface area contributed by atoms with Gasteiger partial charge in [-0.25, -0.2) is 4.79 Å². The lowest BCUT2D eigenvalue weighted by Gasteiger charge is -2.32. The smallest absolute Gasteiger partial charge is 0.409 e. The monoisotopic (exact) mass is 382 g/mol. The van der Waals surface area contributed by atoms with Gasteiger partial charge in [0.15, 0.2) is 0 Å². The third-order valence-electron chi connectivity index (χ3n) is 4.05. The van der Waals surface area contributed by atoms with Crippen LogP contribution in [0.2, 0.25) is 0 Å². The summed E-state index contributed by atoms with van der Waals surface area (Å²) < 4.78 is 6.00. The fraction of sp³-hybridized carbons (Fsp3) is 0.529. The fourth-order valence-corrected chi connectivity index (χ4v) is 3.44. The van der Waals surface area contributed by atoms with Gasteiger partial charge in [-0.15, -0.1) is 0 Å². The van der Waals surface area contributed by atoms with Crippen molar-refractivity contribution >= 4 is 27.9 Å². The minimum Gasteiger partial charge on any atom is -0.450 e. The van der Waals surface area contributed by atoms with E-state index in [9.17, 15) is 9.59 Å². The number of nitrogens with zero attached hydrogens (tertiary/aromatic N) is 1. The van der Waals surface area contributed by atoms with E-state index in [4.69, 9.17) is 4.74 Å². The summed E-state index contributed by atoms with van der Waals surface area (Å²) >= 11 is 3.51. The molecule has 0 aliphatic carbocycles. The molecule has 1 aliphatic heterocycles. The number of nitrogens with one attached hydrogen (secondary N) is 1. The molecule has 6 heteroatoms. The van der Waals surface area contributed by atoms with E-state index in [2.05, 4.69) is 21.2 Å². The summed E-state index contributed by atoms with van der Waals surface area (Å²) in [6.07, 6.45) is 1.29. The molecule has 2 atom stereocenters. The summed E-state index contributed by atoms with van der Waals surface area (Å²) in [4.78, 5) is 26.0. The van der Waals surface area contributed by atoms with Crippen molar-refractivity contribution in [1.29, 1.82) is 0 Å². The Balaban J connectivity index is 1.95. The number of piperidine rings is 1. The number of rotatable bonds is 4. The van der Waals surface area contributed by atoms with Crippen LogP contribution in [0.1, 0.15) is 38.3 Å². The lowest BCUT2D eigenvalue weighted by atomic mass is 9.96. The zero-order chi connectivity index (χ0) is 16.8. The number of amides is 2. The van der Waals surface area contributed by atoms with Gasteiger partial charge in [0.1, 0.15) is 0 Å². The minimum absolute atomic E-state index is 0.0118. The molecule has 5 nitrogen and oxygen atoms in total. The maximum Gasteiger partial charge on any atom is 0.409 e. The third kappa shape index (κ3) is 4.70. The van der Waals surface area contributed by atoms with Crippen molar-refractivity contribution in [2.75, 3.05) is 19.7 Å². The second-order valence-electron chi connectivity index (χ2n) is 5.74. The molecule has 1 heterocycles. The number of benzene rings is 1. The molecule has 126 valence electrons. The molecule has 0 radical (unpaired) electrons. The highest BCUT2D eigenvalue weighted by molar-refractivity contribution is 9.10. The Labute approximate surface area is 145 Å². The molecule has 1 aromatic carbocycles. The lowest BCUT2D eigenvalue weighted by molar-refractivity contribution is -0.127. The van der Waals surface area contributed by atoms with Crippen LogP contribution in [0.5, 0.6) is 0 Å². The summed E-state index contributed by atoms with van der Waals surface area (Å²) in [7, 11) is 0. The number of likely N-dealkylation sites (tertiary alicyclic amines) is 1. The standard InChI is InChI=1S/C17H23BrN2O3/c1-3-23-17(22)20-10-6-7-13(11-20)16(21)19-12(2)14-8-4-5-9-15(14)18/h4-5,8-9,12-13H,3,6-7,10-11H2,1-2H3,(H,19,21). The van der Waals surface area contributed by atoms with Crippen molar-refractivity contribution < 1.29 is 14.3 Å². The maximum absolute atomic E-state index is 12.5. The van der Waals surface area contributed by atoms with E-state index in [0.717, 1.165) is 22.9 Å². The van der Waals surface area contributed by atoms with Gasteiger partial charge in [0, 0.05) is 17.6 Å². The highest BCUT2D eigenvalue weighted by Crippen LogP contribution is 2.24. The van der Waals surface area contributed by atoms with Gasteiger partial charge in [0.25, 0.3) is 0 Å². The van der Waals surface area contributed by atoms with Gasteiger partial charge in [0.2, 0.25) is 5.91 Å². The molecule has 0 aromatic heterocycles. The third-order valence-corrected chi connectivity index (χ3v) is 4.77. The average molecular weight is 383 g/mol. The Kier molecular flexibility index (Phi) is 6.45. The highest BCUT2D eigenvalue weighted by Gasteiger charge is 2.29. The molecule has 0 spiro atoms. The van der Waals surface area contributed by atoms with E-state index in [1.807, 2.05) is 31.2 Å². The summed E-state index contributed by atoms with van der Waals surface area (Å²) in [5.41, 5.74) is 1.04. The van der Waals surface area contributed by atoms with Gasteiger partial charge in [-0.3, -0.25) is 4.79 Å². The zero-order valence-corrected chi connectivity index (χ0v) is 15.1. The molecular weight excluding hydrogens is 360 g/mol. The van der Waals surface area contributed by atoms with Gasteiger partial charge in [-0.1, -0.05) is 34.1 Å². The Morgan fingerprint density at radius 1 is 1.43 bits per heavy atom. The molecule has 1 saturated heterocycles. The molecule has 0 bridgehead atoms. The average Bonchev–Trinajstić information content (AvgIpc) is 2.55. The van der Waals surface area contributed by atoms with Crippen molar-refractivity contribution in [1.82, 2.24) is 10.2 Å². The summed E-state index contributed by atoms with van der Waals surface area (Å²) in [5.74, 6) is -0.194. The van der Waals surface area contributed by atoms with E-state index in [1.165, 1.54) is 0 Å². The Morgan fingerprint density at radius 2 is 2.17 bits per heavy atom. The second-order valence-corrected chi connectivity index (χ2v) is 6.59. The summed E-state index contributed by atoms with van der Waals surface area (Å²) in [5, 5.41) is 3.05. The number of carbonyl (C=O) groups excluding carboxylic acids is 2. The zero-order valence-electron chi connectivity index (χ0n) is 13.5. The van der Waals surface area contributed by atoms with Crippen LogP contribution in [0.25, 0.3) is 0 Å². The Hall–Kier alpha value is -1.56. The second kappa shape index (κ2) is 8.34. The van der Waals surface area contributed by atoms with Crippen molar-refractivity contribution in [2.24, 2.45) is 5.92 Å². The molecule has 1 fully saturated rings. The van der Waals surface area contributed by atoms with Crippen LogP contribution in [0.15, 0.2) is 28.7 Å². The van der Waals surface area contributed by atoms with Crippen molar-refractivity contribution in [3.05, 3.63) is 34.3 Å². The van der Waals surface area contributed by atoms with Crippen LogP contribution < -0.4 is 5.32 Å². The molecular formula is C17H23BrN2O3. The van der Waals surface area contributed by atoms with Gasteiger partial charge in [-0.05, 0) is 38.3 Å². The quantitative estimate of drug-likeness (QED) is 0.866. The number of ether oxygens (including phenoxy) is 1. The van der Waals surface area contributed by atoms with Gasteiger partial charge in [-0.2, -0.15) is 0 Å². The first kappa shape index (κ1) is 17.8. The molecule has 2 amide bonds. The van der Waals surface area contributed by atoms with E-state index < -0.39 is 0 Å². The molecule has 2 unspecified atom stereocenters. The normalized spacial score (nSPS) is 19.1. The van der Waals surface area contributed by atoms with Crippen LogP contribution in [0, 0.1) is 5.92 Å². The first-order chi connectivity index (χ1) is 11.0. The SMILES string of the molecule is CCOC(=O)N1CCCC(C(=O)NC(C)c2ccccc2Br)C1. The highest BCUT2D eigenvalue weighted by atomic mass is 79.9. The van der Waals surface area contributed by atoms with E-state index in [-0.39, 0.29) is 24.0 Å². The molecule has 1 aromatic rings. The molecule has 23 heavy (non-hydrogen) atoms. The lowest BCUT2D eigenvalue weighted by Crippen LogP contribution is -2.46. The molecule has 0 saturated carbocycles. The summed E-state index contributed by atoms with van der Waals surface area (Å²) in [6, 6.07) is 7.75. The van der Waals surface area contributed by atoms with Crippen LogP contribution >= 0.6 is 15.9 Å². The minimum atomic E-state index is -0.330. The number of halogens is 1. The number of hydrogen-bond acceptors (Lipinski definition) is 3. The molecule has 1 aliphatic rings. The van der Waals surface area contributed by atoms with Gasteiger partial charge >= 0.3 is 6.09 Å².